The van der Waals surface area contributed by atoms with Gasteiger partial charge in [-0.3, -0.25) is 4.79 Å². The number of amides is 1. The highest BCUT2D eigenvalue weighted by molar-refractivity contribution is 9.10. The topological polar surface area (TPSA) is 58.4 Å². The molecule has 1 aromatic rings. The zero-order valence-corrected chi connectivity index (χ0v) is 14.0. The molecule has 0 bridgehead atoms. The molecule has 1 aliphatic heterocycles. The van der Waals surface area contributed by atoms with Crippen molar-refractivity contribution in [3.8, 4) is 0 Å². The number of likely N-dealkylation sites (tertiary alicyclic amines) is 1. The van der Waals surface area contributed by atoms with Crippen LogP contribution in [0.4, 0.5) is 10.1 Å². The van der Waals surface area contributed by atoms with Gasteiger partial charge in [0.1, 0.15) is 5.82 Å². The van der Waals surface area contributed by atoms with Crippen molar-refractivity contribution in [3.63, 3.8) is 0 Å². The van der Waals surface area contributed by atoms with E-state index in [0.29, 0.717) is 16.6 Å². The molecule has 0 aliphatic carbocycles. The number of nitrogens with two attached hydrogens (primary N) is 1. The Morgan fingerprint density at radius 1 is 1.48 bits per heavy atom. The van der Waals surface area contributed by atoms with E-state index in [-0.39, 0.29) is 17.0 Å². The van der Waals surface area contributed by atoms with Gasteiger partial charge >= 0.3 is 0 Å². The van der Waals surface area contributed by atoms with Crippen LogP contribution < -0.4 is 11.1 Å². The smallest absolute Gasteiger partial charge is 0.252 e. The van der Waals surface area contributed by atoms with E-state index >= 15 is 0 Å². The number of rotatable bonds is 3. The monoisotopic (exact) mass is 357 g/mol. The number of benzene rings is 1. The van der Waals surface area contributed by atoms with Gasteiger partial charge in [-0.25, -0.2) is 4.39 Å². The van der Waals surface area contributed by atoms with Crippen LogP contribution in [-0.2, 0) is 0 Å². The van der Waals surface area contributed by atoms with Crippen molar-refractivity contribution in [1.82, 2.24) is 10.2 Å². The summed E-state index contributed by atoms with van der Waals surface area (Å²) in [5, 5.41) is 2.95. The average Bonchev–Trinajstić information content (AvgIpc) is 2.44. The first-order valence-corrected chi connectivity index (χ1v) is 7.81. The molecule has 0 spiro atoms. The largest absolute Gasteiger partial charge is 0.396 e. The fourth-order valence-electron chi connectivity index (χ4n) is 2.46. The van der Waals surface area contributed by atoms with Gasteiger partial charge in [-0.2, -0.15) is 0 Å². The number of nitrogen functional groups attached to an aromatic ring is 1. The first kappa shape index (κ1) is 16.2. The fraction of sp³-hybridized carbons (Fsp3) is 0.533. The predicted octanol–water partition coefficient (Wildman–Crippen LogP) is 2.63. The van der Waals surface area contributed by atoms with Crippen molar-refractivity contribution in [2.45, 2.75) is 19.8 Å². The highest BCUT2D eigenvalue weighted by Crippen LogP contribution is 2.30. The molecular weight excluding hydrogens is 337 g/mol. The molecule has 2 rings (SSSR count). The average molecular weight is 358 g/mol. The van der Waals surface area contributed by atoms with Gasteiger partial charge in [-0.05, 0) is 66.5 Å². The maximum atomic E-state index is 13.3. The van der Waals surface area contributed by atoms with E-state index in [0.717, 1.165) is 25.9 Å². The third-order valence-electron chi connectivity index (χ3n) is 4.20. The zero-order chi connectivity index (χ0) is 15.6. The molecule has 6 heteroatoms. The molecule has 0 aromatic heterocycles. The Bertz CT molecular complexity index is 542. The molecule has 1 saturated heterocycles. The summed E-state index contributed by atoms with van der Waals surface area (Å²) in [4.78, 5) is 14.5. The third kappa shape index (κ3) is 3.95. The molecule has 0 unspecified atom stereocenters. The summed E-state index contributed by atoms with van der Waals surface area (Å²) in [7, 11) is 2.11. The Balaban J connectivity index is 2.00. The van der Waals surface area contributed by atoms with Crippen molar-refractivity contribution >= 4 is 27.5 Å². The van der Waals surface area contributed by atoms with Crippen molar-refractivity contribution in [1.29, 1.82) is 0 Å². The zero-order valence-electron chi connectivity index (χ0n) is 12.4. The minimum absolute atomic E-state index is 0.0196. The number of halogens is 2. The molecule has 4 nitrogen and oxygen atoms in total. The molecule has 0 atom stereocenters. The normalized spacial score (nSPS) is 18.5. The number of carbonyl (C=O) groups is 1. The molecular formula is C15H21BrFN3O. The van der Waals surface area contributed by atoms with Gasteiger partial charge in [0, 0.05) is 11.0 Å². The fourth-order valence-corrected chi connectivity index (χ4v) is 2.96. The standard InChI is InChI=1S/C15H21BrFN3O/c1-15(3-5-20(2)6-4-15)9-19-14(21)10-7-13(18)12(17)8-11(10)16/h7-8H,3-6,9,18H2,1-2H3,(H,19,21). The Labute approximate surface area is 133 Å². The summed E-state index contributed by atoms with van der Waals surface area (Å²) in [6, 6.07) is 2.59. The number of nitrogens with one attached hydrogen (secondary N) is 1. The maximum Gasteiger partial charge on any atom is 0.252 e. The lowest BCUT2D eigenvalue weighted by molar-refractivity contribution is 0.0891. The van der Waals surface area contributed by atoms with Gasteiger partial charge in [-0.15, -0.1) is 0 Å². The summed E-state index contributed by atoms with van der Waals surface area (Å²) in [5.41, 5.74) is 5.98. The van der Waals surface area contributed by atoms with Gasteiger partial charge < -0.3 is 16.0 Å². The lowest BCUT2D eigenvalue weighted by Gasteiger charge is -2.38. The third-order valence-corrected chi connectivity index (χ3v) is 4.86. The van der Waals surface area contributed by atoms with E-state index in [2.05, 4.69) is 40.1 Å². The minimum Gasteiger partial charge on any atom is -0.396 e. The van der Waals surface area contributed by atoms with Crippen LogP contribution in [0.25, 0.3) is 0 Å². The number of hydrogen-bond acceptors (Lipinski definition) is 3. The SMILES string of the molecule is CN1CCC(C)(CNC(=O)c2cc(N)c(F)cc2Br)CC1. The van der Waals surface area contributed by atoms with E-state index in [1.165, 1.54) is 12.1 Å². The molecule has 0 radical (unpaired) electrons. The van der Waals surface area contributed by atoms with Crippen LogP contribution in [-0.4, -0.2) is 37.5 Å². The van der Waals surface area contributed by atoms with Crippen LogP contribution in [0.15, 0.2) is 16.6 Å². The second-order valence-corrected chi connectivity index (χ2v) is 7.00. The van der Waals surface area contributed by atoms with Gasteiger partial charge in [0.15, 0.2) is 0 Å². The molecule has 1 fully saturated rings. The number of piperidine rings is 1. The van der Waals surface area contributed by atoms with Gasteiger partial charge in [0.25, 0.3) is 5.91 Å². The molecule has 1 aromatic carbocycles. The van der Waals surface area contributed by atoms with Crippen molar-refractivity contribution < 1.29 is 9.18 Å². The van der Waals surface area contributed by atoms with Crippen LogP contribution in [0.1, 0.15) is 30.1 Å². The summed E-state index contributed by atoms with van der Waals surface area (Å²) in [5.74, 6) is -0.755. The first-order chi connectivity index (χ1) is 9.81. The second kappa shape index (κ2) is 6.32. The summed E-state index contributed by atoms with van der Waals surface area (Å²) in [6.07, 6.45) is 2.10. The molecule has 0 saturated carbocycles. The van der Waals surface area contributed by atoms with Crippen LogP contribution >= 0.6 is 15.9 Å². The summed E-state index contributed by atoms with van der Waals surface area (Å²) in [6.45, 7) is 4.89. The Kier molecular flexibility index (Phi) is 4.88. The number of carbonyl (C=O) groups excluding carboxylic acids is 1. The lowest BCUT2D eigenvalue weighted by Crippen LogP contribution is -2.43. The molecule has 1 heterocycles. The van der Waals surface area contributed by atoms with E-state index in [9.17, 15) is 9.18 Å². The van der Waals surface area contributed by atoms with Gasteiger partial charge in [0.2, 0.25) is 0 Å². The summed E-state index contributed by atoms with van der Waals surface area (Å²) >= 11 is 3.21. The van der Waals surface area contributed by atoms with Gasteiger partial charge in [-0.1, -0.05) is 6.92 Å². The van der Waals surface area contributed by atoms with E-state index < -0.39 is 5.82 Å². The van der Waals surface area contributed by atoms with E-state index in [4.69, 9.17) is 5.73 Å². The van der Waals surface area contributed by atoms with Crippen LogP contribution in [0.2, 0.25) is 0 Å². The first-order valence-electron chi connectivity index (χ1n) is 7.02. The second-order valence-electron chi connectivity index (χ2n) is 6.15. The molecule has 116 valence electrons. The van der Waals surface area contributed by atoms with Crippen molar-refractivity contribution in [2.24, 2.45) is 5.41 Å². The number of nitrogens with zero attached hydrogens (tertiary/aromatic N) is 1. The molecule has 1 aliphatic rings. The quantitative estimate of drug-likeness (QED) is 0.817. The highest BCUT2D eigenvalue weighted by atomic mass is 79.9. The predicted molar refractivity (Wildman–Crippen MR) is 85.7 cm³/mol. The number of hydrogen-bond donors (Lipinski definition) is 2. The van der Waals surface area contributed by atoms with Crippen LogP contribution in [0.5, 0.6) is 0 Å². The lowest BCUT2D eigenvalue weighted by atomic mass is 9.80. The van der Waals surface area contributed by atoms with E-state index in [1.54, 1.807) is 0 Å². The molecule has 21 heavy (non-hydrogen) atoms. The van der Waals surface area contributed by atoms with Gasteiger partial charge in [0.05, 0.1) is 11.3 Å². The number of anilines is 1. The van der Waals surface area contributed by atoms with E-state index in [1.807, 2.05) is 0 Å². The Morgan fingerprint density at radius 2 is 2.10 bits per heavy atom. The van der Waals surface area contributed by atoms with Crippen LogP contribution in [0.3, 0.4) is 0 Å². The molecule has 3 N–H and O–H groups in total. The van der Waals surface area contributed by atoms with Crippen molar-refractivity contribution in [3.05, 3.63) is 28.0 Å². The van der Waals surface area contributed by atoms with Crippen LogP contribution in [0, 0.1) is 11.2 Å². The van der Waals surface area contributed by atoms with Crippen molar-refractivity contribution in [2.75, 3.05) is 32.4 Å². The Morgan fingerprint density at radius 3 is 2.71 bits per heavy atom. The summed E-state index contributed by atoms with van der Waals surface area (Å²) < 4.78 is 13.7. The minimum atomic E-state index is -0.527. The maximum absolute atomic E-state index is 13.3. The Hall–Kier alpha value is -1.14. The highest BCUT2D eigenvalue weighted by Gasteiger charge is 2.29. The molecule has 1 amide bonds.